The lowest BCUT2D eigenvalue weighted by Gasteiger charge is -2.34. The van der Waals surface area contributed by atoms with Crippen molar-refractivity contribution in [2.24, 2.45) is 7.05 Å². The minimum absolute atomic E-state index is 0.0313. The molecule has 0 saturated carbocycles. The first-order chi connectivity index (χ1) is 15.6. The Morgan fingerprint density at radius 3 is 2.75 bits per heavy atom. The Hall–Kier alpha value is -3.50. The summed E-state index contributed by atoms with van der Waals surface area (Å²) in [6.07, 6.45) is 0. The van der Waals surface area contributed by atoms with E-state index in [9.17, 15) is 9.59 Å². The van der Waals surface area contributed by atoms with Gasteiger partial charge in [0.1, 0.15) is 10.4 Å². The molecule has 0 aliphatic carbocycles. The third-order valence-corrected chi connectivity index (χ3v) is 7.07. The summed E-state index contributed by atoms with van der Waals surface area (Å²) < 4.78 is 4.22. The molecule has 9 nitrogen and oxygen atoms in total. The fourth-order valence-corrected chi connectivity index (χ4v) is 5.27. The van der Waals surface area contributed by atoms with E-state index in [-0.39, 0.29) is 11.5 Å². The van der Waals surface area contributed by atoms with E-state index in [1.165, 1.54) is 11.3 Å². The molecule has 6 rings (SSSR count). The first-order valence-electron chi connectivity index (χ1n) is 10.5. The Balaban J connectivity index is 1.20. The first kappa shape index (κ1) is 19.2. The van der Waals surface area contributed by atoms with Crippen molar-refractivity contribution in [1.29, 1.82) is 0 Å². The highest BCUT2D eigenvalue weighted by molar-refractivity contribution is 7.17. The molecule has 1 aliphatic heterocycles. The second-order valence-electron chi connectivity index (χ2n) is 8.09. The molecule has 0 radical (unpaired) electrons. The lowest BCUT2D eigenvalue weighted by molar-refractivity contribution is 0.0620. The molecule has 0 spiro atoms. The van der Waals surface area contributed by atoms with Crippen LogP contribution in [0.25, 0.3) is 26.9 Å². The van der Waals surface area contributed by atoms with E-state index in [0.717, 1.165) is 35.3 Å². The van der Waals surface area contributed by atoms with Crippen molar-refractivity contribution in [3.05, 3.63) is 63.7 Å². The molecule has 1 saturated heterocycles. The van der Waals surface area contributed by atoms with Crippen molar-refractivity contribution in [1.82, 2.24) is 33.9 Å². The zero-order valence-corrected chi connectivity index (χ0v) is 18.3. The fourth-order valence-electron chi connectivity index (χ4n) is 4.42. The lowest BCUT2D eigenvalue weighted by atomic mass is 10.2. The van der Waals surface area contributed by atoms with Gasteiger partial charge in [0.15, 0.2) is 5.82 Å². The molecule has 5 aromatic rings. The molecule has 10 heteroatoms. The number of thiophene rings is 1. The van der Waals surface area contributed by atoms with E-state index < -0.39 is 0 Å². The van der Waals surface area contributed by atoms with Crippen LogP contribution in [0.4, 0.5) is 0 Å². The molecule has 1 aromatic carbocycles. The molecule has 0 atom stereocenters. The van der Waals surface area contributed by atoms with Crippen molar-refractivity contribution >= 4 is 44.1 Å². The average Bonchev–Trinajstić information content (AvgIpc) is 3.55. The summed E-state index contributed by atoms with van der Waals surface area (Å²) in [5.41, 5.74) is 2.40. The number of H-pyrrole nitrogens is 1. The van der Waals surface area contributed by atoms with Crippen LogP contribution < -0.4 is 5.56 Å². The zero-order valence-electron chi connectivity index (χ0n) is 17.5. The van der Waals surface area contributed by atoms with Gasteiger partial charge in [0.05, 0.1) is 12.1 Å². The van der Waals surface area contributed by atoms with Crippen molar-refractivity contribution < 1.29 is 4.79 Å². The van der Waals surface area contributed by atoms with Gasteiger partial charge < -0.3 is 9.88 Å². The number of hydrogen-bond donors (Lipinski definition) is 1. The average molecular weight is 448 g/mol. The molecule has 0 bridgehead atoms. The number of benzene rings is 1. The van der Waals surface area contributed by atoms with Gasteiger partial charge in [-0.15, -0.1) is 21.5 Å². The number of hydrogen-bond acceptors (Lipinski definition) is 6. The van der Waals surface area contributed by atoms with E-state index in [1.807, 2.05) is 51.1 Å². The fraction of sp³-hybridized carbons (Fsp3) is 0.273. The van der Waals surface area contributed by atoms with Crippen LogP contribution in [0.3, 0.4) is 0 Å². The molecule has 1 amide bonds. The number of nitrogens with zero attached hydrogens (tertiary/aromatic N) is 6. The third-order valence-electron chi connectivity index (χ3n) is 6.18. The number of carbonyl (C=O) groups excluding carboxylic acids is 1. The standard InChI is InChI=1S/C22H21N7O2S/c1-26-21(31)19-17(6-11-32-19)29-18(24-25-22(26)29)13-27-7-9-28(10-8-27)20(30)16-12-14-4-2-3-5-15(14)23-16/h2-6,11-12,23H,7-10,13H2,1H3. The van der Waals surface area contributed by atoms with Gasteiger partial charge >= 0.3 is 0 Å². The van der Waals surface area contributed by atoms with Crippen LogP contribution in [0, 0.1) is 0 Å². The number of piperazine rings is 1. The maximum Gasteiger partial charge on any atom is 0.272 e. The highest BCUT2D eigenvalue weighted by Crippen LogP contribution is 2.21. The van der Waals surface area contributed by atoms with Gasteiger partial charge in [0.2, 0.25) is 5.78 Å². The second-order valence-corrected chi connectivity index (χ2v) is 9.01. The SMILES string of the molecule is Cn1c(=O)c2sccc2n2c(CN3CCN(C(=O)c4cc5ccccc5[nH]4)CC3)nnc12. The van der Waals surface area contributed by atoms with Crippen LogP contribution in [-0.2, 0) is 13.6 Å². The smallest absolute Gasteiger partial charge is 0.272 e. The van der Waals surface area contributed by atoms with Gasteiger partial charge in [-0.2, -0.15) is 0 Å². The summed E-state index contributed by atoms with van der Waals surface area (Å²) in [7, 11) is 1.73. The van der Waals surface area contributed by atoms with E-state index in [1.54, 1.807) is 11.6 Å². The number of rotatable bonds is 3. The molecule has 1 aliphatic rings. The number of nitrogens with one attached hydrogen (secondary N) is 1. The number of para-hydroxylation sites is 1. The largest absolute Gasteiger partial charge is 0.351 e. The Bertz CT molecular complexity index is 1500. The molecule has 162 valence electrons. The molecule has 32 heavy (non-hydrogen) atoms. The van der Waals surface area contributed by atoms with Crippen LogP contribution in [0.15, 0.2) is 46.6 Å². The summed E-state index contributed by atoms with van der Waals surface area (Å²) in [6, 6.07) is 11.8. The van der Waals surface area contributed by atoms with E-state index >= 15 is 0 Å². The van der Waals surface area contributed by atoms with Crippen LogP contribution in [0.5, 0.6) is 0 Å². The highest BCUT2D eigenvalue weighted by atomic mass is 32.1. The predicted octanol–water partition coefficient (Wildman–Crippen LogP) is 2.08. The van der Waals surface area contributed by atoms with Crippen molar-refractivity contribution in [3.8, 4) is 0 Å². The monoisotopic (exact) mass is 447 g/mol. The Morgan fingerprint density at radius 1 is 1.12 bits per heavy atom. The lowest BCUT2D eigenvalue weighted by Crippen LogP contribution is -2.48. The van der Waals surface area contributed by atoms with Crippen molar-refractivity contribution in [3.63, 3.8) is 0 Å². The van der Waals surface area contributed by atoms with Gasteiger partial charge in [-0.05, 0) is 23.6 Å². The minimum Gasteiger partial charge on any atom is -0.351 e. The minimum atomic E-state index is -0.0504. The van der Waals surface area contributed by atoms with Crippen LogP contribution in [0.1, 0.15) is 16.3 Å². The number of aryl methyl sites for hydroxylation is 1. The molecule has 5 heterocycles. The van der Waals surface area contributed by atoms with E-state index in [0.29, 0.717) is 35.8 Å². The number of aromatic nitrogens is 5. The molecular weight excluding hydrogens is 426 g/mol. The van der Waals surface area contributed by atoms with Gasteiger partial charge in [-0.25, -0.2) is 0 Å². The van der Waals surface area contributed by atoms with Gasteiger partial charge in [-0.3, -0.25) is 23.5 Å². The first-order valence-corrected chi connectivity index (χ1v) is 11.4. The second kappa shape index (κ2) is 7.28. The number of fused-ring (bicyclic) bond motifs is 4. The van der Waals surface area contributed by atoms with Gasteiger partial charge in [0, 0.05) is 44.1 Å². The Morgan fingerprint density at radius 2 is 1.94 bits per heavy atom. The topological polar surface area (TPSA) is 91.5 Å². The number of amides is 1. The normalized spacial score (nSPS) is 15.3. The summed E-state index contributed by atoms with van der Waals surface area (Å²) in [5.74, 6) is 1.38. The van der Waals surface area contributed by atoms with Crippen LogP contribution >= 0.6 is 11.3 Å². The summed E-state index contributed by atoms with van der Waals surface area (Å²) >= 11 is 1.43. The third kappa shape index (κ3) is 2.94. The summed E-state index contributed by atoms with van der Waals surface area (Å²) in [6.45, 7) is 3.41. The van der Waals surface area contributed by atoms with Crippen molar-refractivity contribution in [2.45, 2.75) is 6.54 Å². The van der Waals surface area contributed by atoms with Crippen LogP contribution in [-0.4, -0.2) is 66.0 Å². The molecule has 1 fully saturated rings. The highest BCUT2D eigenvalue weighted by Gasteiger charge is 2.25. The van der Waals surface area contributed by atoms with E-state index in [2.05, 4.69) is 20.1 Å². The molecule has 0 unspecified atom stereocenters. The number of aromatic amines is 1. The summed E-state index contributed by atoms with van der Waals surface area (Å²) in [4.78, 5) is 32.9. The van der Waals surface area contributed by atoms with Gasteiger partial charge in [0.25, 0.3) is 11.5 Å². The maximum atomic E-state index is 13.0. The van der Waals surface area contributed by atoms with Crippen molar-refractivity contribution in [2.75, 3.05) is 26.2 Å². The molecule has 4 aromatic heterocycles. The quantitative estimate of drug-likeness (QED) is 0.457. The predicted molar refractivity (Wildman–Crippen MR) is 123 cm³/mol. The van der Waals surface area contributed by atoms with E-state index in [4.69, 9.17) is 0 Å². The maximum absolute atomic E-state index is 13.0. The summed E-state index contributed by atoms with van der Waals surface area (Å²) in [5, 5.41) is 11.6. The Kier molecular flexibility index (Phi) is 4.37. The Labute approximate surface area is 186 Å². The molecular formula is C22H21N7O2S. The number of carbonyl (C=O) groups is 1. The zero-order chi connectivity index (χ0) is 21.8. The van der Waals surface area contributed by atoms with Crippen LogP contribution in [0.2, 0.25) is 0 Å². The molecule has 1 N–H and O–H groups in total. The van der Waals surface area contributed by atoms with Gasteiger partial charge in [-0.1, -0.05) is 18.2 Å².